The second kappa shape index (κ2) is 10.2. The van der Waals surface area contributed by atoms with E-state index in [-0.39, 0.29) is 17.3 Å². The van der Waals surface area contributed by atoms with Gasteiger partial charge in [0.15, 0.2) is 5.78 Å². The number of hydrogen-bond donors (Lipinski definition) is 1. The second-order valence-electron chi connectivity index (χ2n) is 5.68. The number of carbonyl (C=O) groups is 2. The Labute approximate surface area is 172 Å². The van der Waals surface area contributed by atoms with Crippen molar-refractivity contribution in [3.05, 3.63) is 67.6 Å². The first-order chi connectivity index (χ1) is 12.4. The molecular weight excluding hydrogens is 416 g/mol. The summed E-state index contributed by atoms with van der Waals surface area (Å²) in [7, 11) is 0. The third-order valence-electron chi connectivity index (χ3n) is 3.80. The molecule has 1 N–H and O–H groups in total. The molecule has 0 aromatic heterocycles. The van der Waals surface area contributed by atoms with Gasteiger partial charge in [0.05, 0.1) is 31.2 Å². The molecule has 26 heavy (non-hydrogen) atoms. The van der Waals surface area contributed by atoms with Crippen molar-refractivity contribution in [2.24, 2.45) is 0 Å². The van der Waals surface area contributed by atoms with E-state index in [9.17, 15) is 9.59 Å². The molecule has 0 radical (unpaired) electrons. The first-order valence-electron chi connectivity index (χ1n) is 8.11. The third kappa shape index (κ3) is 5.62. The number of rotatable bonds is 8. The molecule has 3 nitrogen and oxygen atoms in total. The number of carbonyl (C=O) groups excluding carboxylic acids is 2. The van der Waals surface area contributed by atoms with Crippen molar-refractivity contribution in [2.45, 2.75) is 25.7 Å². The van der Waals surface area contributed by atoms with Crippen LogP contribution >= 0.6 is 46.4 Å². The number of unbranched alkanes of at least 4 members (excludes halogenated alkanes) is 2. The van der Waals surface area contributed by atoms with Crippen LogP contribution in [0.4, 0.5) is 0 Å². The minimum Gasteiger partial charge on any atom is -0.352 e. The highest BCUT2D eigenvalue weighted by Crippen LogP contribution is 2.26. The summed E-state index contributed by atoms with van der Waals surface area (Å²) in [5.41, 5.74) is 0.650. The van der Waals surface area contributed by atoms with Gasteiger partial charge in [-0.1, -0.05) is 65.0 Å². The zero-order valence-corrected chi connectivity index (χ0v) is 16.9. The quantitative estimate of drug-likeness (QED) is 0.383. The molecule has 1 amide bonds. The van der Waals surface area contributed by atoms with E-state index in [1.807, 2.05) is 0 Å². The smallest absolute Gasteiger partial charge is 0.254 e. The fraction of sp³-hybridized carbons (Fsp3) is 0.263. The zero-order chi connectivity index (χ0) is 19.1. The molecule has 0 fully saturated rings. The molecule has 0 spiro atoms. The predicted octanol–water partition coefficient (Wildman–Crippen LogP) is 6.47. The first kappa shape index (κ1) is 21.0. The molecule has 2 aromatic carbocycles. The minimum absolute atomic E-state index is 0.0764. The van der Waals surface area contributed by atoms with Gasteiger partial charge in [0.1, 0.15) is 0 Å². The Hall–Kier alpha value is -1.26. The summed E-state index contributed by atoms with van der Waals surface area (Å²) in [5, 5.41) is 4.15. The van der Waals surface area contributed by atoms with Gasteiger partial charge >= 0.3 is 0 Å². The Morgan fingerprint density at radius 1 is 0.731 bits per heavy atom. The third-order valence-corrected chi connectivity index (χ3v) is 5.06. The first-order valence-corrected chi connectivity index (χ1v) is 9.62. The SMILES string of the molecule is O=C(CCCCCNC(=O)c1c(Cl)cccc1Cl)c1c(Cl)cccc1Cl. The number of hydrogen-bond acceptors (Lipinski definition) is 2. The van der Waals surface area contributed by atoms with E-state index in [0.717, 1.165) is 12.8 Å². The number of Topliss-reactive ketones (excluding diaryl/α,β-unsaturated/α-hetero) is 1. The lowest BCUT2D eigenvalue weighted by Gasteiger charge is -2.08. The summed E-state index contributed by atoms with van der Waals surface area (Å²) in [4.78, 5) is 24.3. The van der Waals surface area contributed by atoms with E-state index in [2.05, 4.69) is 5.32 Å². The summed E-state index contributed by atoms with van der Waals surface area (Å²) in [6.07, 6.45) is 2.55. The van der Waals surface area contributed by atoms with Gasteiger partial charge in [-0.3, -0.25) is 9.59 Å². The van der Waals surface area contributed by atoms with Crippen LogP contribution in [0.5, 0.6) is 0 Å². The number of amides is 1. The molecule has 0 aliphatic rings. The van der Waals surface area contributed by atoms with Gasteiger partial charge in [-0.15, -0.1) is 0 Å². The maximum absolute atomic E-state index is 12.2. The van der Waals surface area contributed by atoms with E-state index in [1.54, 1.807) is 36.4 Å². The number of ketones is 1. The molecule has 0 unspecified atom stereocenters. The van der Waals surface area contributed by atoms with Crippen LogP contribution < -0.4 is 5.32 Å². The fourth-order valence-corrected chi connectivity index (χ4v) is 3.66. The Morgan fingerprint density at radius 3 is 1.77 bits per heavy atom. The predicted molar refractivity (Wildman–Crippen MR) is 108 cm³/mol. The average molecular weight is 433 g/mol. The van der Waals surface area contributed by atoms with Crippen molar-refractivity contribution < 1.29 is 9.59 Å². The highest BCUT2D eigenvalue weighted by Gasteiger charge is 2.15. The molecule has 138 valence electrons. The number of halogens is 4. The van der Waals surface area contributed by atoms with Crippen molar-refractivity contribution in [1.82, 2.24) is 5.32 Å². The zero-order valence-electron chi connectivity index (χ0n) is 13.8. The van der Waals surface area contributed by atoms with Crippen LogP contribution in [-0.4, -0.2) is 18.2 Å². The van der Waals surface area contributed by atoms with Crippen molar-refractivity contribution in [3.8, 4) is 0 Å². The van der Waals surface area contributed by atoms with Crippen LogP contribution in [-0.2, 0) is 0 Å². The van der Waals surface area contributed by atoms with E-state index in [1.165, 1.54) is 0 Å². The van der Waals surface area contributed by atoms with Gasteiger partial charge < -0.3 is 5.32 Å². The summed E-state index contributed by atoms with van der Waals surface area (Å²) in [6.45, 7) is 0.474. The minimum atomic E-state index is -0.306. The molecule has 0 aliphatic carbocycles. The topological polar surface area (TPSA) is 46.2 Å². The standard InChI is InChI=1S/C19H17Cl4NO2/c20-12-6-4-7-13(21)17(12)16(25)10-2-1-3-11-24-19(26)18-14(22)8-5-9-15(18)23/h4-9H,1-3,10-11H2,(H,24,26). The van der Waals surface area contributed by atoms with E-state index < -0.39 is 0 Å². The summed E-state index contributed by atoms with van der Waals surface area (Å²) in [6, 6.07) is 9.92. The fourth-order valence-electron chi connectivity index (χ4n) is 2.48. The van der Waals surface area contributed by atoms with Crippen LogP contribution in [0, 0.1) is 0 Å². The highest BCUT2D eigenvalue weighted by atomic mass is 35.5. The normalized spacial score (nSPS) is 10.6. The Morgan fingerprint density at radius 2 is 1.23 bits per heavy atom. The molecule has 0 saturated heterocycles. The van der Waals surface area contributed by atoms with Crippen molar-refractivity contribution in [1.29, 1.82) is 0 Å². The van der Waals surface area contributed by atoms with E-state index in [0.29, 0.717) is 45.0 Å². The Bertz CT molecular complexity index is 700. The molecule has 0 bridgehead atoms. The molecule has 0 atom stereocenters. The summed E-state index contributed by atoms with van der Waals surface area (Å²) < 4.78 is 0. The molecular formula is C19H17Cl4NO2. The lowest BCUT2D eigenvalue weighted by Crippen LogP contribution is -2.25. The van der Waals surface area contributed by atoms with E-state index in [4.69, 9.17) is 46.4 Å². The van der Waals surface area contributed by atoms with Crippen LogP contribution in [0.2, 0.25) is 20.1 Å². The van der Waals surface area contributed by atoms with E-state index >= 15 is 0 Å². The van der Waals surface area contributed by atoms with Crippen molar-refractivity contribution in [3.63, 3.8) is 0 Å². The van der Waals surface area contributed by atoms with Crippen LogP contribution in [0.3, 0.4) is 0 Å². The molecule has 2 aromatic rings. The van der Waals surface area contributed by atoms with Crippen LogP contribution in [0.25, 0.3) is 0 Å². The van der Waals surface area contributed by atoms with Gasteiger partial charge in [0.25, 0.3) is 5.91 Å². The van der Waals surface area contributed by atoms with Crippen LogP contribution in [0.15, 0.2) is 36.4 Å². The second-order valence-corrected chi connectivity index (χ2v) is 7.31. The van der Waals surface area contributed by atoms with Gasteiger partial charge in [0.2, 0.25) is 0 Å². The maximum Gasteiger partial charge on any atom is 0.254 e. The summed E-state index contributed by atoms with van der Waals surface area (Å²) >= 11 is 24.1. The van der Waals surface area contributed by atoms with Crippen LogP contribution in [0.1, 0.15) is 46.4 Å². The lowest BCUT2D eigenvalue weighted by molar-refractivity contribution is 0.0947. The highest BCUT2D eigenvalue weighted by molar-refractivity contribution is 6.40. The van der Waals surface area contributed by atoms with Crippen molar-refractivity contribution in [2.75, 3.05) is 6.54 Å². The molecule has 0 aliphatic heterocycles. The van der Waals surface area contributed by atoms with Gasteiger partial charge in [-0.05, 0) is 37.1 Å². The monoisotopic (exact) mass is 431 g/mol. The molecule has 7 heteroatoms. The summed E-state index contributed by atoms with van der Waals surface area (Å²) in [5.74, 6) is -0.382. The molecule has 0 heterocycles. The largest absolute Gasteiger partial charge is 0.352 e. The van der Waals surface area contributed by atoms with Gasteiger partial charge in [-0.2, -0.15) is 0 Å². The number of nitrogens with one attached hydrogen (secondary N) is 1. The lowest BCUT2D eigenvalue weighted by atomic mass is 10.0. The molecule has 2 rings (SSSR count). The van der Waals surface area contributed by atoms with Gasteiger partial charge in [0, 0.05) is 13.0 Å². The Balaban J connectivity index is 1.73. The number of benzene rings is 2. The average Bonchev–Trinajstić information content (AvgIpc) is 2.57. The van der Waals surface area contributed by atoms with Crippen molar-refractivity contribution >= 4 is 58.1 Å². The van der Waals surface area contributed by atoms with Gasteiger partial charge in [-0.25, -0.2) is 0 Å². The molecule has 0 saturated carbocycles. The maximum atomic E-state index is 12.2. The Kier molecular flexibility index (Phi) is 8.23.